The minimum Gasteiger partial charge on any atom is -0.305 e. The van der Waals surface area contributed by atoms with Gasteiger partial charge < -0.3 is 4.57 Å². The highest BCUT2D eigenvalue weighted by Gasteiger charge is 2.13. The average molecular weight is 458 g/mol. The number of carbonyl (C=O) groups is 1. The summed E-state index contributed by atoms with van der Waals surface area (Å²) in [5, 5.41) is 13.4. The van der Waals surface area contributed by atoms with Crippen LogP contribution >= 0.6 is 27.7 Å². The molecular weight excluding hydrogens is 438 g/mol. The Bertz CT molecular complexity index is 987. The lowest BCUT2D eigenvalue weighted by Gasteiger charge is -2.06. The molecular formula is C20H20BrN5OS. The van der Waals surface area contributed by atoms with Crippen LogP contribution in [0.2, 0.25) is 0 Å². The van der Waals surface area contributed by atoms with Gasteiger partial charge in [0.05, 0.1) is 11.5 Å². The van der Waals surface area contributed by atoms with Crippen LogP contribution in [0.5, 0.6) is 0 Å². The van der Waals surface area contributed by atoms with Crippen LogP contribution in [0, 0.1) is 0 Å². The second-order valence-corrected chi connectivity index (χ2v) is 7.84. The number of thioether (sulfide) groups is 1. The van der Waals surface area contributed by atoms with Crippen LogP contribution in [0.15, 0.2) is 69.3 Å². The van der Waals surface area contributed by atoms with Crippen molar-refractivity contribution in [2.75, 3.05) is 5.75 Å². The number of carbonyl (C=O) groups excluding carboxylic acids is 1. The van der Waals surface area contributed by atoms with E-state index in [1.165, 1.54) is 11.8 Å². The minimum absolute atomic E-state index is 0.182. The molecule has 1 heterocycles. The summed E-state index contributed by atoms with van der Waals surface area (Å²) in [7, 11) is 1.89. The highest BCUT2D eigenvalue weighted by Crippen LogP contribution is 2.24. The number of amides is 1. The van der Waals surface area contributed by atoms with Crippen LogP contribution in [0.25, 0.3) is 11.4 Å². The maximum atomic E-state index is 12.2. The second-order valence-electron chi connectivity index (χ2n) is 5.98. The summed E-state index contributed by atoms with van der Waals surface area (Å²) in [4.78, 5) is 12.2. The van der Waals surface area contributed by atoms with E-state index in [-0.39, 0.29) is 11.7 Å². The van der Waals surface area contributed by atoms with Gasteiger partial charge in [0.25, 0.3) is 5.91 Å². The van der Waals surface area contributed by atoms with Gasteiger partial charge in [-0.25, -0.2) is 5.43 Å². The molecule has 1 amide bonds. The summed E-state index contributed by atoms with van der Waals surface area (Å²) in [5.41, 5.74) is 5.44. The largest absolute Gasteiger partial charge is 0.305 e. The third kappa shape index (κ3) is 5.08. The molecule has 0 aliphatic heterocycles. The number of hydrazone groups is 1. The van der Waals surface area contributed by atoms with Crippen LogP contribution in [-0.2, 0) is 11.8 Å². The summed E-state index contributed by atoms with van der Waals surface area (Å²) in [6.07, 6.45) is 0.733. The zero-order chi connectivity index (χ0) is 19.9. The molecule has 6 nitrogen and oxygen atoms in total. The van der Waals surface area contributed by atoms with E-state index in [0.29, 0.717) is 5.16 Å². The topological polar surface area (TPSA) is 72.2 Å². The van der Waals surface area contributed by atoms with Crippen molar-refractivity contribution in [3.63, 3.8) is 0 Å². The molecule has 2 aromatic carbocycles. The predicted molar refractivity (Wildman–Crippen MR) is 116 cm³/mol. The van der Waals surface area contributed by atoms with Crippen LogP contribution in [0.1, 0.15) is 18.9 Å². The number of hydrogen-bond donors (Lipinski definition) is 1. The first kappa shape index (κ1) is 20.3. The lowest BCUT2D eigenvalue weighted by atomic mass is 10.1. The van der Waals surface area contributed by atoms with Gasteiger partial charge in [-0.3, -0.25) is 4.79 Å². The Morgan fingerprint density at radius 2 is 1.96 bits per heavy atom. The van der Waals surface area contributed by atoms with Gasteiger partial charge in [0.2, 0.25) is 0 Å². The predicted octanol–water partition coefficient (Wildman–Crippen LogP) is 4.27. The van der Waals surface area contributed by atoms with E-state index in [1.54, 1.807) is 0 Å². The Hall–Kier alpha value is -2.45. The molecule has 0 saturated carbocycles. The molecule has 1 N–H and O–H groups in total. The number of nitrogens with one attached hydrogen (secondary N) is 1. The van der Waals surface area contributed by atoms with Crippen molar-refractivity contribution < 1.29 is 4.79 Å². The van der Waals surface area contributed by atoms with Gasteiger partial charge >= 0.3 is 0 Å². The number of hydrogen-bond acceptors (Lipinski definition) is 5. The van der Waals surface area contributed by atoms with Crippen molar-refractivity contribution in [2.45, 2.75) is 18.5 Å². The molecule has 0 radical (unpaired) electrons. The van der Waals surface area contributed by atoms with Crippen molar-refractivity contribution >= 4 is 39.3 Å². The number of benzene rings is 2. The smallest absolute Gasteiger partial charge is 0.250 e. The van der Waals surface area contributed by atoms with Crippen molar-refractivity contribution in [1.82, 2.24) is 20.2 Å². The molecule has 3 rings (SSSR count). The zero-order valence-corrected chi connectivity index (χ0v) is 18.0. The van der Waals surface area contributed by atoms with Crippen LogP contribution in [0.3, 0.4) is 0 Å². The fraction of sp³-hybridized carbons (Fsp3) is 0.200. The molecule has 1 aromatic heterocycles. The van der Waals surface area contributed by atoms with Gasteiger partial charge in [0.15, 0.2) is 11.0 Å². The molecule has 8 heteroatoms. The number of rotatable bonds is 7. The maximum absolute atomic E-state index is 12.2. The highest BCUT2D eigenvalue weighted by atomic mass is 79.9. The summed E-state index contributed by atoms with van der Waals surface area (Å²) in [6, 6.07) is 17.7. The fourth-order valence-electron chi connectivity index (χ4n) is 2.59. The Balaban J connectivity index is 1.61. The average Bonchev–Trinajstić information content (AvgIpc) is 3.08. The molecule has 0 atom stereocenters. The Labute approximate surface area is 176 Å². The van der Waals surface area contributed by atoms with Crippen molar-refractivity contribution in [1.29, 1.82) is 0 Å². The molecule has 0 aliphatic carbocycles. The first-order chi connectivity index (χ1) is 13.6. The van der Waals surface area contributed by atoms with Gasteiger partial charge in [-0.15, -0.1) is 10.2 Å². The SMILES string of the molecule is CC/C(=N/NC(=O)CSc1nnc(-c2cccc(Br)c2)n1C)c1ccccc1. The number of nitrogens with zero attached hydrogens (tertiary/aromatic N) is 4. The van der Waals surface area contributed by atoms with E-state index >= 15 is 0 Å². The van der Waals surface area contributed by atoms with Crippen LogP contribution < -0.4 is 5.43 Å². The van der Waals surface area contributed by atoms with Gasteiger partial charge in [-0.1, -0.05) is 77.1 Å². The molecule has 3 aromatic rings. The normalized spacial score (nSPS) is 11.5. The molecule has 0 bridgehead atoms. The first-order valence-electron chi connectivity index (χ1n) is 8.77. The van der Waals surface area contributed by atoms with E-state index in [1.807, 2.05) is 73.1 Å². The maximum Gasteiger partial charge on any atom is 0.250 e. The molecule has 0 unspecified atom stereocenters. The summed E-state index contributed by atoms with van der Waals surface area (Å²) in [5.74, 6) is 0.776. The zero-order valence-electron chi connectivity index (χ0n) is 15.6. The van der Waals surface area contributed by atoms with E-state index in [2.05, 4.69) is 36.7 Å². The third-order valence-corrected chi connectivity index (χ3v) is 5.52. The van der Waals surface area contributed by atoms with E-state index in [9.17, 15) is 4.79 Å². The fourth-order valence-corrected chi connectivity index (χ4v) is 3.69. The van der Waals surface area contributed by atoms with Gasteiger partial charge in [-0.2, -0.15) is 5.10 Å². The molecule has 144 valence electrons. The highest BCUT2D eigenvalue weighted by molar-refractivity contribution is 9.10. The monoisotopic (exact) mass is 457 g/mol. The van der Waals surface area contributed by atoms with Crippen LogP contribution in [-0.4, -0.2) is 32.1 Å². The molecule has 0 spiro atoms. The molecule has 28 heavy (non-hydrogen) atoms. The molecule has 0 aliphatic rings. The molecule has 0 fully saturated rings. The lowest BCUT2D eigenvalue weighted by molar-refractivity contribution is -0.118. The second kappa shape index (κ2) is 9.66. The summed E-state index contributed by atoms with van der Waals surface area (Å²) >= 11 is 4.79. The minimum atomic E-state index is -0.182. The third-order valence-electron chi connectivity index (χ3n) is 4.01. The van der Waals surface area contributed by atoms with E-state index in [0.717, 1.165) is 33.6 Å². The van der Waals surface area contributed by atoms with Gasteiger partial charge in [0, 0.05) is 17.1 Å². The van der Waals surface area contributed by atoms with Crippen molar-refractivity contribution in [2.24, 2.45) is 12.1 Å². The van der Waals surface area contributed by atoms with E-state index in [4.69, 9.17) is 0 Å². The van der Waals surface area contributed by atoms with Gasteiger partial charge in [0.1, 0.15) is 0 Å². The van der Waals surface area contributed by atoms with Crippen LogP contribution in [0.4, 0.5) is 0 Å². The quantitative estimate of drug-likeness (QED) is 0.326. The summed E-state index contributed by atoms with van der Waals surface area (Å²) < 4.78 is 2.86. The number of aromatic nitrogens is 3. The van der Waals surface area contributed by atoms with E-state index < -0.39 is 0 Å². The van der Waals surface area contributed by atoms with Crippen molar-refractivity contribution in [3.05, 3.63) is 64.6 Å². The molecule has 0 saturated heterocycles. The lowest BCUT2D eigenvalue weighted by Crippen LogP contribution is -2.22. The number of halogens is 1. The Morgan fingerprint density at radius 1 is 1.18 bits per heavy atom. The summed E-state index contributed by atoms with van der Waals surface area (Å²) in [6.45, 7) is 2.01. The first-order valence-corrected chi connectivity index (χ1v) is 10.5. The Morgan fingerprint density at radius 3 is 2.68 bits per heavy atom. The Kier molecular flexibility index (Phi) is 7.00. The van der Waals surface area contributed by atoms with Crippen molar-refractivity contribution in [3.8, 4) is 11.4 Å². The van der Waals surface area contributed by atoms with Gasteiger partial charge in [-0.05, 0) is 24.1 Å². The standard InChI is InChI=1S/C20H20BrN5OS/c1-3-17(14-8-5-4-6-9-14)22-23-18(27)13-28-20-25-24-19(26(20)2)15-10-7-11-16(21)12-15/h4-12H,3,13H2,1-2H3,(H,23,27)/b22-17-.